The molecule has 0 saturated carbocycles. The minimum absolute atomic E-state index is 0.116. The van der Waals surface area contributed by atoms with E-state index in [1.165, 1.54) is 27.4 Å². The number of ether oxygens (including phenoxy) is 4. The summed E-state index contributed by atoms with van der Waals surface area (Å²) >= 11 is 9.73. The molecule has 22 heavy (non-hydrogen) atoms. The molecule has 5 nitrogen and oxygen atoms in total. The van der Waals surface area contributed by atoms with Gasteiger partial charge >= 0.3 is 5.97 Å². The van der Waals surface area contributed by atoms with E-state index in [1.807, 2.05) is 0 Å². The standard InChI is InChI=1S/C14H15Br3O5/c1-19-10-6-9(7-11(20-2)13(10)21-3)4-5-12(18)22-8-14(15,16)17/h4-7H,8H2,1-3H3/b5-4+. The van der Waals surface area contributed by atoms with E-state index in [0.717, 1.165) is 0 Å². The highest BCUT2D eigenvalue weighted by Gasteiger charge is 2.19. The van der Waals surface area contributed by atoms with E-state index in [4.69, 9.17) is 18.9 Å². The van der Waals surface area contributed by atoms with Crippen LogP contribution in [-0.2, 0) is 9.53 Å². The van der Waals surface area contributed by atoms with E-state index in [2.05, 4.69) is 47.8 Å². The van der Waals surface area contributed by atoms with Crippen LogP contribution in [0.1, 0.15) is 5.56 Å². The zero-order valence-corrected chi connectivity index (χ0v) is 16.9. The number of halogens is 3. The van der Waals surface area contributed by atoms with Gasteiger partial charge in [-0.3, -0.25) is 0 Å². The molecule has 0 aliphatic carbocycles. The highest BCUT2D eigenvalue weighted by Crippen LogP contribution is 2.38. The first-order valence-corrected chi connectivity index (χ1v) is 8.40. The van der Waals surface area contributed by atoms with E-state index in [1.54, 1.807) is 18.2 Å². The second-order valence-electron chi connectivity index (χ2n) is 4.01. The summed E-state index contributed by atoms with van der Waals surface area (Å²) in [5.41, 5.74) is 0.717. The van der Waals surface area contributed by atoms with Gasteiger partial charge in [-0.05, 0) is 23.8 Å². The van der Waals surface area contributed by atoms with Crippen molar-refractivity contribution < 1.29 is 23.7 Å². The Hall–Kier alpha value is -0.730. The Balaban J connectivity index is 2.89. The van der Waals surface area contributed by atoms with E-state index < -0.39 is 8.11 Å². The van der Waals surface area contributed by atoms with Crippen molar-refractivity contribution in [1.29, 1.82) is 0 Å². The molecule has 0 bridgehead atoms. The molecule has 0 aliphatic rings. The Morgan fingerprint density at radius 1 is 1.09 bits per heavy atom. The van der Waals surface area contributed by atoms with Crippen LogP contribution >= 0.6 is 47.8 Å². The van der Waals surface area contributed by atoms with Crippen LogP contribution in [0, 0.1) is 0 Å². The number of methoxy groups -OCH3 is 3. The molecule has 0 N–H and O–H groups in total. The predicted molar refractivity (Wildman–Crippen MR) is 95.6 cm³/mol. The van der Waals surface area contributed by atoms with E-state index in [0.29, 0.717) is 22.8 Å². The van der Waals surface area contributed by atoms with Crippen molar-refractivity contribution in [2.75, 3.05) is 27.9 Å². The zero-order chi connectivity index (χ0) is 16.8. The molecule has 0 unspecified atom stereocenters. The highest BCUT2D eigenvalue weighted by molar-refractivity contribution is 9.39. The molecule has 1 aromatic carbocycles. The van der Waals surface area contributed by atoms with E-state index in [9.17, 15) is 4.79 Å². The molecule has 8 heteroatoms. The fourth-order valence-electron chi connectivity index (χ4n) is 1.56. The molecule has 0 aromatic heterocycles. The zero-order valence-electron chi connectivity index (χ0n) is 12.2. The lowest BCUT2D eigenvalue weighted by atomic mass is 10.1. The summed E-state index contributed by atoms with van der Waals surface area (Å²) in [4.78, 5) is 11.6. The van der Waals surface area contributed by atoms with Crippen LogP contribution in [0.15, 0.2) is 18.2 Å². The summed E-state index contributed by atoms with van der Waals surface area (Å²) in [6.07, 6.45) is 2.92. The van der Waals surface area contributed by atoms with Gasteiger partial charge in [-0.2, -0.15) is 0 Å². The quantitative estimate of drug-likeness (QED) is 0.333. The summed E-state index contributed by atoms with van der Waals surface area (Å²) in [7, 11) is 4.58. The van der Waals surface area contributed by atoms with Crippen LogP contribution in [0.3, 0.4) is 0 Å². The van der Waals surface area contributed by atoms with Crippen LogP contribution in [0.2, 0.25) is 0 Å². The van der Waals surface area contributed by atoms with Gasteiger partial charge < -0.3 is 18.9 Å². The molecule has 0 fully saturated rings. The van der Waals surface area contributed by atoms with Crippen molar-refractivity contribution in [2.24, 2.45) is 0 Å². The van der Waals surface area contributed by atoms with Crippen LogP contribution in [0.4, 0.5) is 0 Å². The lowest BCUT2D eigenvalue weighted by Gasteiger charge is -2.13. The molecular weight excluding hydrogens is 488 g/mol. The van der Waals surface area contributed by atoms with E-state index in [-0.39, 0.29) is 6.61 Å². The van der Waals surface area contributed by atoms with Crippen molar-refractivity contribution in [3.05, 3.63) is 23.8 Å². The largest absolute Gasteiger partial charge is 0.493 e. The molecule has 0 saturated heterocycles. The molecular formula is C14H15Br3O5. The van der Waals surface area contributed by atoms with Crippen molar-refractivity contribution in [1.82, 2.24) is 0 Å². The van der Waals surface area contributed by atoms with Gasteiger partial charge in [0.15, 0.2) is 13.6 Å². The Bertz CT molecular complexity index is 527. The average molecular weight is 503 g/mol. The van der Waals surface area contributed by atoms with Crippen LogP contribution < -0.4 is 14.2 Å². The van der Waals surface area contributed by atoms with Crippen LogP contribution in [0.25, 0.3) is 6.08 Å². The molecule has 1 rings (SSSR count). The number of hydrogen-bond acceptors (Lipinski definition) is 5. The van der Waals surface area contributed by atoms with Gasteiger partial charge in [-0.15, -0.1) is 0 Å². The molecule has 0 aliphatic heterocycles. The van der Waals surface area contributed by atoms with Gasteiger partial charge in [0.1, 0.15) is 6.61 Å². The first-order valence-electron chi connectivity index (χ1n) is 6.02. The number of carbonyl (C=O) groups is 1. The molecule has 0 spiro atoms. The maximum absolute atomic E-state index is 11.6. The first-order chi connectivity index (χ1) is 10.3. The Morgan fingerprint density at radius 2 is 1.64 bits per heavy atom. The Labute approximate surface area is 154 Å². The second-order valence-corrected chi connectivity index (χ2v) is 11.3. The molecule has 0 atom stereocenters. The van der Waals surface area contributed by atoms with Gasteiger partial charge in [-0.25, -0.2) is 4.79 Å². The van der Waals surface area contributed by atoms with Gasteiger partial charge in [-0.1, -0.05) is 47.8 Å². The van der Waals surface area contributed by atoms with Gasteiger partial charge in [0, 0.05) is 6.08 Å². The van der Waals surface area contributed by atoms with Gasteiger partial charge in [0.05, 0.1) is 21.3 Å². The highest BCUT2D eigenvalue weighted by atomic mass is 80.0. The number of esters is 1. The van der Waals surface area contributed by atoms with Gasteiger partial charge in [0.2, 0.25) is 5.75 Å². The second kappa shape index (κ2) is 8.79. The topological polar surface area (TPSA) is 54.0 Å². The average Bonchev–Trinajstić information content (AvgIpc) is 2.48. The third-order valence-corrected chi connectivity index (χ3v) is 3.16. The number of hydrogen-bond donors (Lipinski definition) is 0. The maximum Gasteiger partial charge on any atom is 0.330 e. The Kier molecular flexibility index (Phi) is 7.71. The van der Waals surface area contributed by atoms with Crippen molar-refractivity contribution >= 4 is 59.8 Å². The summed E-state index contributed by atoms with van der Waals surface area (Å²) in [6.45, 7) is 0.116. The fraction of sp³-hybridized carbons (Fsp3) is 0.357. The summed E-state index contributed by atoms with van der Waals surface area (Å²) in [5.74, 6) is 1.04. The number of carbonyl (C=O) groups excluding carboxylic acids is 1. The third-order valence-electron chi connectivity index (χ3n) is 2.48. The predicted octanol–water partition coefficient (Wildman–Crippen LogP) is 4.11. The third kappa shape index (κ3) is 6.18. The fourth-order valence-corrected chi connectivity index (χ4v) is 1.91. The smallest absolute Gasteiger partial charge is 0.330 e. The van der Waals surface area contributed by atoms with E-state index >= 15 is 0 Å². The maximum atomic E-state index is 11.6. The van der Waals surface area contributed by atoms with Crippen LogP contribution in [0.5, 0.6) is 17.2 Å². The molecule has 0 heterocycles. The molecule has 1 aromatic rings. The number of rotatable bonds is 6. The monoisotopic (exact) mass is 500 g/mol. The molecule has 0 radical (unpaired) electrons. The molecule has 0 amide bonds. The Morgan fingerprint density at radius 3 is 2.05 bits per heavy atom. The van der Waals surface area contributed by atoms with Crippen LogP contribution in [-0.4, -0.2) is 36.0 Å². The molecule has 122 valence electrons. The lowest BCUT2D eigenvalue weighted by Crippen LogP contribution is -2.14. The first kappa shape index (κ1) is 19.3. The van der Waals surface area contributed by atoms with Crippen molar-refractivity contribution in [3.63, 3.8) is 0 Å². The minimum Gasteiger partial charge on any atom is -0.493 e. The summed E-state index contributed by atoms with van der Waals surface area (Å²) < 4.78 is 20.1. The SMILES string of the molecule is COc1cc(/C=C/C(=O)OCC(Br)(Br)Br)cc(OC)c1OC. The van der Waals surface area contributed by atoms with Gasteiger partial charge in [0.25, 0.3) is 0 Å². The number of benzene rings is 1. The minimum atomic E-state index is -0.622. The normalized spacial score (nSPS) is 11.4. The lowest BCUT2D eigenvalue weighted by molar-refractivity contribution is -0.137. The summed E-state index contributed by atoms with van der Waals surface area (Å²) in [5, 5.41) is 0. The number of alkyl halides is 3. The summed E-state index contributed by atoms with van der Waals surface area (Å²) in [6, 6.07) is 3.46. The van der Waals surface area contributed by atoms with Crippen molar-refractivity contribution in [2.45, 2.75) is 2.14 Å². The van der Waals surface area contributed by atoms with Crippen molar-refractivity contribution in [3.8, 4) is 17.2 Å².